The third-order valence-electron chi connectivity index (χ3n) is 5.96. The molecular formula is C24H27ClN2O3. The maximum Gasteiger partial charge on any atom is 0.254 e. The van der Waals surface area contributed by atoms with Gasteiger partial charge in [-0.15, -0.1) is 0 Å². The van der Waals surface area contributed by atoms with Gasteiger partial charge in [0.05, 0.1) is 12.7 Å². The molecular weight excluding hydrogens is 400 g/mol. The van der Waals surface area contributed by atoms with Crippen LogP contribution in [0.25, 0.3) is 0 Å². The Morgan fingerprint density at radius 1 is 1.00 bits per heavy atom. The van der Waals surface area contributed by atoms with E-state index in [1.54, 1.807) is 24.3 Å². The van der Waals surface area contributed by atoms with E-state index in [0.717, 1.165) is 25.7 Å². The molecule has 1 aliphatic heterocycles. The lowest BCUT2D eigenvalue weighted by atomic mass is 10.1. The summed E-state index contributed by atoms with van der Waals surface area (Å²) in [5.41, 5.74) is 1.32. The maximum atomic E-state index is 13.3. The zero-order chi connectivity index (χ0) is 20.9. The van der Waals surface area contributed by atoms with Crippen molar-refractivity contribution in [3.63, 3.8) is 0 Å². The fraction of sp³-hybridized carbons (Fsp3) is 0.417. The van der Waals surface area contributed by atoms with Crippen molar-refractivity contribution in [2.24, 2.45) is 0 Å². The molecule has 0 radical (unpaired) electrons. The highest BCUT2D eigenvalue weighted by Crippen LogP contribution is 2.26. The molecule has 1 aliphatic carbocycles. The van der Waals surface area contributed by atoms with Crippen LogP contribution in [0.2, 0.25) is 5.02 Å². The van der Waals surface area contributed by atoms with E-state index >= 15 is 0 Å². The SMILES string of the molecule is O=C(c1ccc(Cl)cc1)N1CCOC(CN(C(=O)c2ccccc2)C2CCCC2)C1. The average Bonchev–Trinajstić information content (AvgIpc) is 3.32. The summed E-state index contributed by atoms with van der Waals surface area (Å²) in [5.74, 6) is 0.0222. The van der Waals surface area contributed by atoms with Gasteiger partial charge in [-0.3, -0.25) is 9.59 Å². The number of carbonyl (C=O) groups excluding carboxylic acids is 2. The maximum absolute atomic E-state index is 13.3. The summed E-state index contributed by atoms with van der Waals surface area (Å²) in [6, 6.07) is 16.6. The molecule has 1 atom stereocenters. The number of hydrogen-bond donors (Lipinski definition) is 0. The molecule has 1 saturated carbocycles. The van der Waals surface area contributed by atoms with Gasteiger partial charge in [-0.25, -0.2) is 0 Å². The number of halogens is 1. The quantitative estimate of drug-likeness (QED) is 0.717. The summed E-state index contributed by atoms with van der Waals surface area (Å²) >= 11 is 5.94. The highest BCUT2D eigenvalue weighted by Gasteiger charge is 2.32. The highest BCUT2D eigenvalue weighted by atomic mass is 35.5. The zero-order valence-electron chi connectivity index (χ0n) is 17.0. The van der Waals surface area contributed by atoms with Crippen LogP contribution in [-0.4, -0.2) is 60.0 Å². The first kappa shape index (κ1) is 20.9. The Kier molecular flexibility index (Phi) is 6.70. The van der Waals surface area contributed by atoms with E-state index < -0.39 is 0 Å². The van der Waals surface area contributed by atoms with Crippen LogP contribution in [0, 0.1) is 0 Å². The molecule has 1 heterocycles. The first-order valence-electron chi connectivity index (χ1n) is 10.6. The van der Waals surface area contributed by atoms with E-state index in [1.807, 2.05) is 40.1 Å². The second kappa shape index (κ2) is 9.63. The molecule has 2 aromatic carbocycles. The van der Waals surface area contributed by atoms with Crippen molar-refractivity contribution >= 4 is 23.4 Å². The first-order chi connectivity index (χ1) is 14.6. The Labute approximate surface area is 182 Å². The molecule has 1 saturated heterocycles. The van der Waals surface area contributed by atoms with Crippen LogP contribution in [0.4, 0.5) is 0 Å². The predicted octanol–water partition coefficient (Wildman–Crippen LogP) is 4.27. The van der Waals surface area contributed by atoms with Crippen LogP contribution >= 0.6 is 11.6 Å². The first-order valence-corrected chi connectivity index (χ1v) is 11.0. The number of rotatable bonds is 5. The zero-order valence-corrected chi connectivity index (χ0v) is 17.8. The van der Waals surface area contributed by atoms with Crippen LogP contribution in [-0.2, 0) is 4.74 Å². The van der Waals surface area contributed by atoms with Crippen LogP contribution < -0.4 is 0 Å². The van der Waals surface area contributed by atoms with Gasteiger partial charge in [0.15, 0.2) is 0 Å². The van der Waals surface area contributed by atoms with Crippen LogP contribution in [0.15, 0.2) is 54.6 Å². The van der Waals surface area contributed by atoms with Crippen molar-refractivity contribution < 1.29 is 14.3 Å². The Morgan fingerprint density at radius 3 is 2.40 bits per heavy atom. The van der Waals surface area contributed by atoms with E-state index in [9.17, 15) is 9.59 Å². The number of ether oxygens (including phenoxy) is 1. The summed E-state index contributed by atoms with van der Waals surface area (Å²) in [4.78, 5) is 29.9. The molecule has 1 unspecified atom stereocenters. The number of benzene rings is 2. The highest BCUT2D eigenvalue weighted by molar-refractivity contribution is 6.30. The second-order valence-corrected chi connectivity index (χ2v) is 8.45. The van der Waals surface area contributed by atoms with Crippen molar-refractivity contribution in [3.05, 3.63) is 70.7 Å². The predicted molar refractivity (Wildman–Crippen MR) is 117 cm³/mol. The monoisotopic (exact) mass is 426 g/mol. The van der Waals surface area contributed by atoms with E-state index in [2.05, 4.69) is 0 Å². The molecule has 2 aromatic rings. The van der Waals surface area contributed by atoms with Crippen molar-refractivity contribution in [2.45, 2.75) is 37.8 Å². The number of morpholine rings is 1. The minimum absolute atomic E-state index is 0.0261. The molecule has 0 aromatic heterocycles. The minimum Gasteiger partial charge on any atom is -0.373 e. The molecule has 0 spiro atoms. The van der Waals surface area contributed by atoms with Gasteiger partial charge in [-0.2, -0.15) is 0 Å². The lowest BCUT2D eigenvalue weighted by molar-refractivity contribution is -0.0370. The van der Waals surface area contributed by atoms with Gasteiger partial charge in [0, 0.05) is 41.8 Å². The second-order valence-electron chi connectivity index (χ2n) is 8.01. The lowest BCUT2D eigenvalue weighted by Crippen LogP contribution is -2.52. The largest absolute Gasteiger partial charge is 0.373 e. The molecule has 158 valence electrons. The summed E-state index contributed by atoms with van der Waals surface area (Å²) in [6.07, 6.45) is 4.16. The molecule has 4 rings (SSSR count). The third kappa shape index (κ3) is 4.85. The fourth-order valence-corrected chi connectivity index (χ4v) is 4.49. The molecule has 2 fully saturated rings. The summed E-state index contributed by atoms with van der Waals surface area (Å²) in [7, 11) is 0. The van der Waals surface area contributed by atoms with Crippen LogP contribution in [0.3, 0.4) is 0 Å². The molecule has 0 N–H and O–H groups in total. The third-order valence-corrected chi connectivity index (χ3v) is 6.22. The number of hydrogen-bond acceptors (Lipinski definition) is 3. The molecule has 2 amide bonds. The van der Waals surface area contributed by atoms with Gasteiger partial charge in [-0.05, 0) is 49.2 Å². The Balaban J connectivity index is 1.46. The Morgan fingerprint density at radius 2 is 1.70 bits per heavy atom. The standard InChI is InChI=1S/C24H27ClN2O3/c25-20-12-10-19(11-13-20)23(28)26-14-15-30-22(16-26)17-27(21-8-4-5-9-21)24(29)18-6-2-1-3-7-18/h1-3,6-7,10-13,21-22H,4-5,8-9,14-17H2. The van der Waals surface area contributed by atoms with Gasteiger partial charge in [0.25, 0.3) is 11.8 Å². The minimum atomic E-state index is -0.191. The van der Waals surface area contributed by atoms with E-state index in [4.69, 9.17) is 16.3 Å². The van der Waals surface area contributed by atoms with E-state index in [1.165, 1.54) is 0 Å². The lowest BCUT2D eigenvalue weighted by Gasteiger charge is -2.38. The van der Waals surface area contributed by atoms with Gasteiger partial charge in [0.1, 0.15) is 0 Å². The fourth-order valence-electron chi connectivity index (χ4n) is 4.37. The molecule has 2 aliphatic rings. The van der Waals surface area contributed by atoms with Gasteiger partial charge < -0.3 is 14.5 Å². The molecule has 6 heteroatoms. The Hall–Kier alpha value is -2.37. The normalized spacial score (nSPS) is 19.6. The van der Waals surface area contributed by atoms with Gasteiger partial charge in [-0.1, -0.05) is 42.6 Å². The number of amides is 2. The Bertz CT molecular complexity index is 866. The molecule has 5 nitrogen and oxygen atoms in total. The molecule has 0 bridgehead atoms. The topological polar surface area (TPSA) is 49.9 Å². The van der Waals surface area contributed by atoms with Crippen molar-refractivity contribution in [1.29, 1.82) is 0 Å². The smallest absolute Gasteiger partial charge is 0.254 e. The van der Waals surface area contributed by atoms with Crippen LogP contribution in [0.1, 0.15) is 46.4 Å². The van der Waals surface area contributed by atoms with E-state index in [0.29, 0.717) is 42.4 Å². The summed E-state index contributed by atoms with van der Waals surface area (Å²) in [6.45, 7) is 2.01. The molecule has 30 heavy (non-hydrogen) atoms. The van der Waals surface area contributed by atoms with Gasteiger partial charge >= 0.3 is 0 Å². The van der Waals surface area contributed by atoms with Crippen molar-refractivity contribution in [2.75, 3.05) is 26.2 Å². The van der Waals surface area contributed by atoms with E-state index in [-0.39, 0.29) is 24.0 Å². The number of nitrogens with zero attached hydrogens (tertiary/aromatic N) is 2. The van der Waals surface area contributed by atoms with Crippen molar-refractivity contribution in [3.8, 4) is 0 Å². The summed E-state index contributed by atoms with van der Waals surface area (Å²) < 4.78 is 5.98. The average molecular weight is 427 g/mol. The summed E-state index contributed by atoms with van der Waals surface area (Å²) in [5, 5.41) is 0.609. The number of carbonyl (C=O) groups is 2. The van der Waals surface area contributed by atoms with Gasteiger partial charge in [0.2, 0.25) is 0 Å². The van der Waals surface area contributed by atoms with Crippen LogP contribution in [0.5, 0.6) is 0 Å². The van der Waals surface area contributed by atoms with Crippen molar-refractivity contribution in [1.82, 2.24) is 9.80 Å².